The Morgan fingerprint density at radius 3 is 1.67 bits per heavy atom. The molecule has 54 heavy (non-hydrogen) atoms. The molecule has 0 spiro atoms. The molecule has 11 rings (SSSR count). The van der Waals surface area contributed by atoms with Gasteiger partial charge in [0.1, 0.15) is 11.2 Å². The molecule has 0 unspecified atom stereocenters. The van der Waals surface area contributed by atoms with Gasteiger partial charge < -0.3 is 9.32 Å². The maximum absolute atomic E-state index is 6.43. The Hall–Kier alpha value is -6.38. The lowest BCUT2D eigenvalue weighted by Gasteiger charge is -2.29. The van der Waals surface area contributed by atoms with Gasteiger partial charge in [0.05, 0.1) is 0 Å². The average Bonchev–Trinajstić information content (AvgIpc) is 3.78. The highest BCUT2D eigenvalue weighted by Crippen LogP contribution is 2.53. The lowest BCUT2D eigenvalue weighted by atomic mass is 9.82. The van der Waals surface area contributed by atoms with Gasteiger partial charge in [-0.05, 0) is 110 Å². The van der Waals surface area contributed by atoms with E-state index >= 15 is 0 Å². The normalized spacial score (nSPS) is 14.6. The highest BCUT2D eigenvalue weighted by atomic mass is 16.3. The molecule has 2 aliphatic rings. The summed E-state index contributed by atoms with van der Waals surface area (Å²) in [5, 5.41) is 4.61. The molecule has 258 valence electrons. The van der Waals surface area contributed by atoms with Crippen molar-refractivity contribution in [3.05, 3.63) is 186 Å². The Balaban J connectivity index is 1.09. The van der Waals surface area contributed by atoms with Crippen molar-refractivity contribution in [2.24, 2.45) is 0 Å². The molecule has 1 aromatic heterocycles. The van der Waals surface area contributed by atoms with Crippen LogP contribution in [0.15, 0.2) is 168 Å². The first kappa shape index (κ1) is 31.2. The molecule has 0 radical (unpaired) electrons. The summed E-state index contributed by atoms with van der Waals surface area (Å²) in [4.78, 5) is 2.45. The van der Waals surface area contributed by atoms with Crippen molar-refractivity contribution in [2.75, 3.05) is 4.90 Å². The van der Waals surface area contributed by atoms with Crippen LogP contribution in [0.1, 0.15) is 49.9 Å². The van der Waals surface area contributed by atoms with Crippen molar-refractivity contribution in [1.82, 2.24) is 0 Å². The molecular weight excluding hydrogens is 655 g/mol. The van der Waals surface area contributed by atoms with Crippen LogP contribution in [0.2, 0.25) is 0 Å². The maximum atomic E-state index is 6.43. The molecule has 0 fully saturated rings. The van der Waals surface area contributed by atoms with E-state index in [-0.39, 0.29) is 10.8 Å². The number of hydrogen-bond acceptors (Lipinski definition) is 2. The van der Waals surface area contributed by atoms with Gasteiger partial charge >= 0.3 is 0 Å². The third-order valence-corrected chi connectivity index (χ3v) is 12.5. The average molecular weight is 694 g/mol. The molecule has 2 heteroatoms. The van der Waals surface area contributed by atoms with E-state index in [1.165, 1.54) is 61.0 Å². The Kier molecular flexibility index (Phi) is 6.39. The van der Waals surface area contributed by atoms with Crippen LogP contribution in [0.3, 0.4) is 0 Å². The molecule has 0 aliphatic heterocycles. The Morgan fingerprint density at radius 1 is 0.370 bits per heavy atom. The molecule has 0 amide bonds. The number of hydrogen-bond donors (Lipinski definition) is 0. The topological polar surface area (TPSA) is 16.4 Å². The zero-order valence-corrected chi connectivity index (χ0v) is 30.9. The van der Waals surface area contributed by atoms with E-state index in [9.17, 15) is 0 Å². The standard InChI is InChI=1S/C52H39NO/c1-51(2)46-19-11-8-15-38(46)43-29-34(26-28-47(43)51)53(35-25-27-39-37-14-7-10-18-45(37)52(3,4)48(39)30-35)33-23-21-32(22-24-33)42-31-44-40-16-9-12-20-49(40)54-50(44)41-17-6-5-13-36(41)42/h5-31H,1-4H3. The highest BCUT2D eigenvalue weighted by Gasteiger charge is 2.37. The third kappa shape index (κ3) is 4.28. The minimum atomic E-state index is -0.102. The second kappa shape index (κ2) is 11.1. The number of anilines is 3. The summed E-state index contributed by atoms with van der Waals surface area (Å²) in [6.45, 7) is 9.42. The number of nitrogens with zero attached hydrogens (tertiary/aromatic N) is 1. The molecule has 0 bridgehead atoms. The fourth-order valence-corrected chi connectivity index (χ4v) is 9.70. The van der Waals surface area contributed by atoms with Crippen molar-refractivity contribution in [3.8, 4) is 33.4 Å². The smallest absolute Gasteiger partial charge is 0.143 e. The van der Waals surface area contributed by atoms with E-state index in [0.29, 0.717) is 0 Å². The van der Waals surface area contributed by atoms with Crippen LogP contribution in [-0.4, -0.2) is 0 Å². The Labute approximate surface area is 315 Å². The van der Waals surface area contributed by atoms with Crippen LogP contribution in [0.4, 0.5) is 17.1 Å². The van der Waals surface area contributed by atoms with Crippen molar-refractivity contribution < 1.29 is 4.42 Å². The fourth-order valence-electron chi connectivity index (χ4n) is 9.70. The predicted octanol–water partition coefficient (Wildman–Crippen LogP) is 14.5. The van der Waals surface area contributed by atoms with Crippen LogP contribution < -0.4 is 4.90 Å². The van der Waals surface area contributed by atoms with Gasteiger partial charge in [0.2, 0.25) is 0 Å². The highest BCUT2D eigenvalue weighted by molar-refractivity contribution is 6.19. The number of para-hydroxylation sites is 1. The largest absolute Gasteiger partial charge is 0.455 e. The molecule has 8 aromatic carbocycles. The summed E-state index contributed by atoms with van der Waals surface area (Å²) in [6, 6.07) is 60.4. The van der Waals surface area contributed by atoms with Crippen molar-refractivity contribution in [1.29, 1.82) is 0 Å². The van der Waals surface area contributed by atoms with Gasteiger partial charge in [-0.1, -0.05) is 143 Å². The zero-order valence-electron chi connectivity index (χ0n) is 30.9. The van der Waals surface area contributed by atoms with Gasteiger partial charge in [0, 0.05) is 44.1 Å². The summed E-state index contributed by atoms with van der Waals surface area (Å²) < 4.78 is 6.43. The van der Waals surface area contributed by atoms with E-state index in [0.717, 1.165) is 44.4 Å². The van der Waals surface area contributed by atoms with Gasteiger partial charge in [-0.25, -0.2) is 0 Å². The zero-order chi connectivity index (χ0) is 36.3. The second-order valence-corrected chi connectivity index (χ2v) is 16.1. The predicted molar refractivity (Wildman–Crippen MR) is 226 cm³/mol. The molecule has 9 aromatic rings. The Morgan fingerprint density at radius 2 is 0.907 bits per heavy atom. The van der Waals surface area contributed by atoms with Crippen molar-refractivity contribution in [2.45, 2.75) is 38.5 Å². The van der Waals surface area contributed by atoms with E-state index in [1.54, 1.807) is 0 Å². The lowest BCUT2D eigenvalue weighted by molar-refractivity contribution is 0.660. The number of benzene rings is 8. The summed E-state index contributed by atoms with van der Waals surface area (Å²) in [6.07, 6.45) is 0. The molecule has 0 saturated carbocycles. The minimum Gasteiger partial charge on any atom is -0.455 e. The van der Waals surface area contributed by atoms with Crippen LogP contribution in [0.25, 0.3) is 66.1 Å². The molecule has 0 saturated heterocycles. The van der Waals surface area contributed by atoms with Crippen LogP contribution in [0.5, 0.6) is 0 Å². The third-order valence-electron chi connectivity index (χ3n) is 12.5. The SMILES string of the molecule is CC1(C)c2ccccc2-c2cc(N(c3ccc(-c4cc5c6ccccc6oc5c5ccccc45)cc3)c3ccc4c(c3)C(C)(C)c3ccccc3-4)ccc21. The Bertz CT molecular complexity index is 3000. The minimum absolute atomic E-state index is 0.0511. The van der Waals surface area contributed by atoms with Gasteiger partial charge in [0.25, 0.3) is 0 Å². The van der Waals surface area contributed by atoms with E-state index < -0.39 is 0 Å². The second-order valence-electron chi connectivity index (χ2n) is 16.1. The van der Waals surface area contributed by atoms with E-state index in [1.807, 2.05) is 6.07 Å². The number of rotatable bonds is 4. The first-order valence-electron chi connectivity index (χ1n) is 19.0. The van der Waals surface area contributed by atoms with Gasteiger partial charge in [-0.15, -0.1) is 0 Å². The molecule has 0 atom stereocenters. The lowest BCUT2D eigenvalue weighted by Crippen LogP contribution is -2.17. The van der Waals surface area contributed by atoms with Crippen LogP contribution in [-0.2, 0) is 10.8 Å². The first-order valence-corrected chi connectivity index (χ1v) is 19.0. The molecule has 2 aliphatic carbocycles. The van der Waals surface area contributed by atoms with Gasteiger partial charge in [-0.2, -0.15) is 0 Å². The van der Waals surface area contributed by atoms with Crippen LogP contribution >= 0.6 is 0 Å². The maximum Gasteiger partial charge on any atom is 0.143 e. The fraction of sp³-hybridized carbons (Fsp3) is 0.115. The summed E-state index contributed by atoms with van der Waals surface area (Å²) in [5.41, 5.74) is 18.4. The van der Waals surface area contributed by atoms with E-state index in [2.05, 4.69) is 190 Å². The first-order chi connectivity index (χ1) is 26.3. The van der Waals surface area contributed by atoms with Crippen molar-refractivity contribution in [3.63, 3.8) is 0 Å². The van der Waals surface area contributed by atoms with Gasteiger partial charge in [-0.3, -0.25) is 0 Å². The number of fused-ring (bicyclic) bond motifs is 11. The molecule has 1 heterocycles. The molecular formula is C52H39NO. The van der Waals surface area contributed by atoms with Crippen LogP contribution in [0, 0.1) is 0 Å². The van der Waals surface area contributed by atoms with Crippen molar-refractivity contribution >= 4 is 49.8 Å². The quantitative estimate of drug-likeness (QED) is 0.182. The monoisotopic (exact) mass is 693 g/mol. The molecule has 2 nitrogen and oxygen atoms in total. The molecule has 0 N–H and O–H groups in total. The summed E-state index contributed by atoms with van der Waals surface area (Å²) in [7, 11) is 0. The number of furan rings is 1. The van der Waals surface area contributed by atoms with Gasteiger partial charge in [0.15, 0.2) is 0 Å². The van der Waals surface area contributed by atoms with E-state index in [4.69, 9.17) is 4.42 Å². The summed E-state index contributed by atoms with van der Waals surface area (Å²) in [5.74, 6) is 0. The summed E-state index contributed by atoms with van der Waals surface area (Å²) >= 11 is 0.